The molecule has 0 spiro atoms. The van der Waals surface area contributed by atoms with Crippen LogP contribution in [0.5, 0.6) is 0 Å². The first-order valence-electron chi connectivity index (χ1n) is 7.96. The van der Waals surface area contributed by atoms with Gasteiger partial charge in [0.15, 0.2) is 0 Å². The molecule has 3 nitrogen and oxygen atoms in total. The molecule has 0 aromatic heterocycles. The second kappa shape index (κ2) is 6.63. The molecular weight excluding hydrogens is 308 g/mol. The van der Waals surface area contributed by atoms with Gasteiger partial charge in [-0.25, -0.2) is 0 Å². The summed E-state index contributed by atoms with van der Waals surface area (Å²) in [5, 5.41) is 4.01. The van der Waals surface area contributed by atoms with Crippen LogP contribution in [0.1, 0.15) is 24.5 Å². The van der Waals surface area contributed by atoms with Gasteiger partial charge in [0.25, 0.3) is 0 Å². The molecule has 0 fully saturated rings. The first kappa shape index (κ1) is 15.9. The Hall–Kier alpha value is -2.00. The Kier molecular flexibility index (Phi) is 4.58. The first-order valence-corrected chi connectivity index (χ1v) is 8.34. The number of aryl methyl sites for hydroxylation is 1. The van der Waals surface area contributed by atoms with E-state index in [1.165, 1.54) is 5.56 Å². The number of benzene rings is 2. The van der Waals surface area contributed by atoms with Crippen LogP contribution >= 0.6 is 11.6 Å². The Bertz CT molecular complexity index is 729. The zero-order chi connectivity index (χ0) is 16.4. The molecule has 0 aliphatic carbocycles. The summed E-state index contributed by atoms with van der Waals surface area (Å²) in [6.45, 7) is 4.68. The van der Waals surface area contributed by atoms with Crippen LogP contribution in [0.2, 0.25) is 5.02 Å². The van der Waals surface area contributed by atoms with Gasteiger partial charge in [-0.2, -0.15) is 0 Å². The molecule has 0 saturated carbocycles. The molecule has 120 valence electrons. The monoisotopic (exact) mass is 328 g/mol. The molecule has 0 bridgehead atoms. The van der Waals surface area contributed by atoms with E-state index in [-0.39, 0.29) is 11.9 Å². The van der Waals surface area contributed by atoms with Crippen molar-refractivity contribution in [2.45, 2.75) is 32.7 Å². The van der Waals surface area contributed by atoms with E-state index in [0.717, 1.165) is 28.4 Å². The van der Waals surface area contributed by atoms with Gasteiger partial charge in [0.1, 0.15) is 0 Å². The van der Waals surface area contributed by atoms with Crippen LogP contribution in [0.15, 0.2) is 42.5 Å². The Morgan fingerprint density at radius 1 is 1.30 bits per heavy atom. The molecule has 1 amide bonds. The van der Waals surface area contributed by atoms with Crippen molar-refractivity contribution in [3.63, 3.8) is 0 Å². The van der Waals surface area contributed by atoms with Crippen LogP contribution in [0.4, 0.5) is 11.4 Å². The number of carbonyl (C=O) groups is 1. The first-order chi connectivity index (χ1) is 11.1. The topological polar surface area (TPSA) is 32.3 Å². The van der Waals surface area contributed by atoms with Gasteiger partial charge in [0.2, 0.25) is 5.91 Å². The highest BCUT2D eigenvalue weighted by Crippen LogP contribution is 2.32. The second-order valence-electron chi connectivity index (χ2n) is 6.09. The number of amides is 1. The highest BCUT2D eigenvalue weighted by molar-refractivity contribution is 6.31. The fourth-order valence-corrected chi connectivity index (χ4v) is 3.26. The molecule has 2 aromatic carbocycles. The Labute approximate surface area is 142 Å². The summed E-state index contributed by atoms with van der Waals surface area (Å²) >= 11 is 6.12. The maximum atomic E-state index is 12.6. The predicted molar refractivity (Wildman–Crippen MR) is 96.4 cm³/mol. The maximum absolute atomic E-state index is 12.6. The van der Waals surface area contributed by atoms with Crippen molar-refractivity contribution in [2.24, 2.45) is 0 Å². The van der Waals surface area contributed by atoms with E-state index in [4.69, 9.17) is 11.6 Å². The van der Waals surface area contributed by atoms with Crippen molar-refractivity contribution in [1.29, 1.82) is 0 Å². The fourth-order valence-electron chi connectivity index (χ4n) is 3.08. The standard InChI is InChI=1S/C19H21ClN2O/c1-13-7-8-16(12-17(13)20)21-10-9-19(23)22-14(2)11-15-5-3-4-6-18(15)22/h3-8,12,14,21H,9-11H2,1-2H3. The lowest BCUT2D eigenvalue weighted by atomic mass is 10.1. The number of para-hydroxylation sites is 1. The molecular formula is C19H21ClN2O. The van der Waals surface area contributed by atoms with Gasteiger partial charge in [-0.05, 0) is 49.6 Å². The molecule has 1 aliphatic rings. The summed E-state index contributed by atoms with van der Waals surface area (Å²) in [4.78, 5) is 14.5. The largest absolute Gasteiger partial charge is 0.384 e. The summed E-state index contributed by atoms with van der Waals surface area (Å²) in [6.07, 6.45) is 1.40. The third-order valence-corrected chi connectivity index (χ3v) is 4.72. The van der Waals surface area contributed by atoms with Crippen molar-refractivity contribution in [3.8, 4) is 0 Å². The van der Waals surface area contributed by atoms with Crippen molar-refractivity contribution >= 4 is 28.9 Å². The van der Waals surface area contributed by atoms with E-state index >= 15 is 0 Å². The van der Waals surface area contributed by atoms with Gasteiger partial charge in [0.05, 0.1) is 0 Å². The van der Waals surface area contributed by atoms with Crippen molar-refractivity contribution in [1.82, 2.24) is 0 Å². The molecule has 2 aromatic rings. The van der Waals surface area contributed by atoms with E-state index in [2.05, 4.69) is 18.3 Å². The van der Waals surface area contributed by atoms with Crippen LogP contribution in [0, 0.1) is 6.92 Å². The lowest BCUT2D eigenvalue weighted by Gasteiger charge is -2.23. The predicted octanol–water partition coefficient (Wildman–Crippen LogP) is 4.43. The number of nitrogens with zero attached hydrogens (tertiary/aromatic N) is 1. The minimum Gasteiger partial charge on any atom is -0.384 e. The highest BCUT2D eigenvalue weighted by Gasteiger charge is 2.29. The number of fused-ring (bicyclic) bond motifs is 1. The van der Waals surface area contributed by atoms with Gasteiger partial charge in [-0.1, -0.05) is 35.9 Å². The number of rotatable bonds is 4. The number of nitrogens with one attached hydrogen (secondary N) is 1. The van der Waals surface area contributed by atoms with Gasteiger partial charge in [0, 0.05) is 35.4 Å². The minimum atomic E-state index is 0.160. The van der Waals surface area contributed by atoms with E-state index in [1.54, 1.807) is 0 Å². The second-order valence-corrected chi connectivity index (χ2v) is 6.49. The van der Waals surface area contributed by atoms with Crippen molar-refractivity contribution in [2.75, 3.05) is 16.8 Å². The van der Waals surface area contributed by atoms with Gasteiger partial charge < -0.3 is 10.2 Å². The Balaban J connectivity index is 1.60. The number of anilines is 2. The minimum absolute atomic E-state index is 0.160. The maximum Gasteiger partial charge on any atom is 0.229 e. The Morgan fingerprint density at radius 3 is 2.87 bits per heavy atom. The van der Waals surface area contributed by atoms with Crippen molar-refractivity contribution in [3.05, 3.63) is 58.6 Å². The average molecular weight is 329 g/mol. The third kappa shape index (κ3) is 3.35. The molecule has 1 N–H and O–H groups in total. The zero-order valence-corrected chi connectivity index (χ0v) is 14.2. The summed E-state index contributed by atoms with van der Waals surface area (Å²) in [5.41, 5.74) is 4.31. The highest BCUT2D eigenvalue weighted by atomic mass is 35.5. The fraction of sp³-hybridized carbons (Fsp3) is 0.316. The van der Waals surface area contributed by atoms with Crippen LogP contribution in [0.3, 0.4) is 0 Å². The molecule has 0 radical (unpaired) electrons. The van der Waals surface area contributed by atoms with Crippen LogP contribution in [0.25, 0.3) is 0 Å². The van der Waals surface area contributed by atoms with Crippen LogP contribution in [-0.4, -0.2) is 18.5 Å². The van der Waals surface area contributed by atoms with Crippen LogP contribution < -0.4 is 10.2 Å². The van der Waals surface area contributed by atoms with E-state index < -0.39 is 0 Å². The van der Waals surface area contributed by atoms with Crippen LogP contribution in [-0.2, 0) is 11.2 Å². The van der Waals surface area contributed by atoms with Gasteiger partial charge >= 0.3 is 0 Å². The molecule has 4 heteroatoms. The number of halogens is 1. The lowest BCUT2D eigenvalue weighted by molar-refractivity contribution is -0.118. The normalized spacial score (nSPS) is 16.3. The molecule has 1 aliphatic heterocycles. The van der Waals surface area contributed by atoms with E-state index in [9.17, 15) is 4.79 Å². The van der Waals surface area contributed by atoms with E-state index in [1.807, 2.05) is 48.2 Å². The van der Waals surface area contributed by atoms with Gasteiger partial charge in [-0.15, -0.1) is 0 Å². The summed E-state index contributed by atoms with van der Waals surface area (Å²) in [6, 6.07) is 14.2. The number of carbonyl (C=O) groups excluding carboxylic acids is 1. The zero-order valence-electron chi connectivity index (χ0n) is 13.5. The average Bonchev–Trinajstić information content (AvgIpc) is 2.86. The molecule has 1 atom stereocenters. The smallest absolute Gasteiger partial charge is 0.229 e. The quantitative estimate of drug-likeness (QED) is 0.900. The van der Waals surface area contributed by atoms with E-state index in [0.29, 0.717) is 13.0 Å². The molecule has 1 unspecified atom stereocenters. The third-order valence-electron chi connectivity index (χ3n) is 4.32. The van der Waals surface area contributed by atoms with Crippen molar-refractivity contribution < 1.29 is 4.79 Å². The van der Waals surface area contributed by atoms with Gasteiger partial charge in [-0.3, -0.25) is 4.79 Å². The molecule has 23 heavy (non-hydrogen) atoms. The lowest BCUT2D eigenvalue weighted by Crippen LogP contribution is -2.36. The molecule has 0 saturated heterocycles. The number of hydrogen-bond donors (Lipinski definition) is 1. The number of hydrogen-bond acceptors (Lipinski definition) is 2. The summed E-state index contributed by atoms with van der Waals surface area (Å²) < 4.78 is 0. The summed E-state index contributed by atoms with van der Waals surface area (Å²) in [7, 11) is 0. The summed E-state index contributed by atoms with van der Waals surface area (Å²) in [5.74, 6) is 0.160. The molecule has 1 heterocycles. The molecule has 3 rings (SSSR count). The SMILES string of the molecule is Cc1ccc(NCCC(=O)N2c3ccccc3CC2C)cc1Cl. The Morgan fingerprint density at radius 2 is 2.09 bits per heavy atom.